The van der Waals surface area contributed by atoms with Crippen LogP contribution in [0, 0.1) is 0 Å². The lowest BCUT2D eigenvalue weighted by atomic mass is 9.73. The van der Waals surface area contributed by atoms with Gasteiger partial charge in [-0.3, -0.25) is 0 Å². The van der Waals surface area contributed by atoms with E-state index in [-0.39, 0.29) is 6.04 Å². The largest absolute Gasteiger partial charge is 0.328 e. The molecule has 1 saturated carbocycles. The predicted molar refractivity (Wildman–Crippen MR) is 88.0 cm³/mol. The van der Waals surface area contributed by atoms with Gasteiger partial charge >= 0.3 is 0 Å². The zero-order valence-corrected chi connectivity index (χ0v) is 12.9. The standard InChI is InChI=1S/C16H16N8/c17-10-7-16(18,8-10)15-20-9-13-11(3-5-23(13)22-15)12-1-2-14-19-4-6-24(14)21-12/h1-6,9-10H,7-8,17-18H2. The summed E-state index contributed by atoms with van der Waals surface area (Å²) in [5.74, 6) is 0.636. The van der Waals surface area contributed by atoms with Gasteiger partial charge in [-0.15, -0.1) is 0 Å². The molecule has 4 N–H and O–H groups in total. The highest BCUT2D eigenvalue weighted by atomic mass is 15.3. The van der Waals surface area contributed by atoms with Crippen LogP contribution in [0.3, 0.4) is 0 Å². The average Bonchev–Trinajstić information content (AvgIpc) is 3.18. The first kappa shape index (κ1) is 13.6. The summed E-state index contributed by atoms with van der Waals surface area (Å²) in [6.45, 7) is 0. The molecule has 1 fully saturated rings. The van der Waals surface area contributed by atoms with Crippen molar-refractivity contribution in [2.24, 2.45) is 11.5 Å². The van der Waals surface area contributed by atoms with Crippen molar-refractivity contribution in [1.82, 2.24) is 29.2 Å². The molecule has 4 aromatic heterocycles. The van der Waals surface area contributed by atoms with Crippen molar-refractivity contribution < 1.29 is 0 Å². The maximum Gasteiger partial charge on any atom is 0.169 e. The molecule has 4 aromatic rings. The Kier molecular flexibility index (Phi) is 2.60. The zero-order chi connectivity index (χ0) is 16.3. The molecular weight excluding hydrogens is 304 g/mol. The Morgan fingerprint density at radius 1 is 1.04 bits per heavy atom. The van der Waals surface area contributed by atoms with Crippen LogP contribution in [0.1, 0.15) is 18.7 Å². The minimum absolute atomic E-state index is 0.139. The van der Waals surface area contributed by atoms with E-state index < -0.39 is 5.54 Å². The van der Waals surface area contributed by atoms with Gasteiger partial charge in [0.25, 0.3) is 0 Å². The van der Waals surface area contributed by atoms with Gasteiger partial charge < -0.3 is 11.5 Å². The van der Waals surface area contributed by atoms with Crippen molar-refractivity contribution in [1.29, 1.82) is 0 Å². The molecule has 0 amide bonds. The third kappa shape index (κ3) is 1.87. The molecule has 0 radical (unpaired) electrons. The Labute approximate surface area is 137 Å². The molecule has 4 heterocycles. The molecule has 5 rings (SSSR count). The van der Waals surface area contributed by atoms with Crippen LogP contribution in [0.25, 0.3) is 22.4 Å². The highest BCUT2D eigenvalue weighted by Gasteiger charge is 2.43. The molecular formula is C16H16N8. The minimum Gasteiger partial charge on any atom is -0.328 e. The van der Waals surface area contributed by atoms with Crippen molar-refractivity contribution in [3.8, 4) is 11.3 Å². The summed E-state index contributed by atoms with van der Waals surface area (Å²) in [6, 6.07) is 6.00. The van der Waals surface area contributed by atoms with Crippen LogP contribution >= 0.6 is 0 Å². The lowest BCUT2D eigenvalue weighted by molar-refractivity contribution is 0.196. The van der Waals surface area contributed by atoms with Gasteiger partial charge in [0.1, 0.15) is 0 Å². The molecule has 0 aromatic carbocycles. The number of fused-ring (bicyclic) bond motifs is 2. The Bertz CT molecular complexity index is 1060. The number of imidazole rings is 1. The fourth-order valence-electron chi connectivity index (χ4n) is 3.36. The van der Waals surface area contributed by atoms with Gasteiger partial charge in [0.05, 0.1) is 22.9 Å². The van der Waals surface area contributed by atoms with Gasteiger partial charge in [0.15, 0.2) is 11.5 Å². The van der Waals surface area contributed by atoms with Crippen molar-refractivity contribution >= 4 is 11.2 Å². The summed E-state index contributed by atoms with van der Waals surface area (Å²) in [4.78, 5) is 8.70. The highest BCUT2D eigenvalue weighted by molar-refractivity contribution is 5.78. The first-order chi connectivity index (χ1) is 11.6. The lowest BCUT2D eigenvalue weighted by Gasteiger charge is -2.41. The second-order valence-corrected chi connectivity index (χ2v) is 6.41. The topological polar surface area (TPSA) is 112 Å². The van der Waals surface area contributed by atoms with Crippen molar-refractivity contribution in [3.05, 3.63) is 48.8 Å². The molecule has 0 saturated heterocycles. The second-order valence-electron chi connectivity index (χ2n) is 6.41. The molecule has 0 atom stereocenters. The van der Waals surface area contributed by atoms with Gasteiger partial charge in [-0.2, -0.15) is 10.2 Å². The number of aromatic nitrogens is 6. The van der Waals surface area contributed by atoms with Gasteiger partial charge in [-0.05, 0) is 31.0 Å². The molecule has 0 unspecified atom stereocenters. The molecule has 8 heteroatoms. The molecule has 0 aliphatic heterocycles. The highest BCUT2D eigenvalue weighted by Crippen LogP contribution is 2.36. The summed E-state index contributed by atoms with van der Waals surface area (Å²) >= 11 is 0. The van der Waals surface area contributed by atoms with Crippen LogP contribution in [-0.4, -0.2) is 35.2 Å². The Morgan fingerprint density at radius 3 is 2.75 bits per heavy atom. The number of rotatable bonds is 2. The molecule has 24 heavy (non-hydrogen) atoms. The molecule has 8 nitrogen and oxygen atoms in total. The fraction of sp³-hybridized carbons (Fsp3) is 0.250. The summed E-state index contributed by atoms with van der Waals surface area (Å²) in [5.41, 5.74) is 15.2. The van der Waals surface area contributed by atoms with Gasteiger partial charge in [-0.1, -0.05) is 0 Å². The Morgan fingerprint density at radius 2 is 1.92 bits per heavy atom. The number of nitrogens with zero attached hydrogens (tertiary/aromatic N) is 6. The van der Waals surface area contributed by atoms with Crippen LogP contribution < -0.4 is 11.5 Å². The number of hydrogen-bond acceptors (Lipinski definition) is 6. The van der Waals surface area contributed by atoms with Crippen LogP contribution in [-0.2, 0) is 5.54 Å². The van der Waals surface area contributed by atoms with Crippen molar-refractivity contribution in [2.75, 3.05) is 0 Å². The smallest absolute Gasteiger partial charge is 0.169 e. The van der Waals surface area contributed by atoms with Crippen LogP contribution in [0.15, 0.2) is 43.0 Å². The quantitative estimate of drug-likeness (QED) is 0.562. The molecule has 0 spiro atoms. The van der Waals surface area contributed by atoms with E-state index in [9.17, 15) is 0 Å². The third-order valence-corrected chi connectivity index (χ3v) is 4.65. The van der Waals surface area contributed by atoms with Crippen LogP contribution in [0.4, 0.5) is 0 Å². The maximum atomic E-state index is 6.33. The van der Waals surface area contributed by atoms with Gasteiger partial charge in [-0.25, -0.2) is 19.0 Å². The summed E-state index contributed by atoms with van der Waals surface area (Å²) in [5, 5.41) is 9.16. The Hall–Kier alpha value is -2.84. The van der Waals surface area contributed by atoms with E-state index in [1.807, 2.05) is 30.6 Å². The maximum absolute atomic E-state index is 6.33. The third-order valence-electron chi connectivity index (χ3n) is 4.65. The van der Waals surface area contributed by atoms with E-state index in [1.54, 1.807) is 21.4 Å². The first-order valence-electron chi connectivity index (χ1n) is 7.82. The Balaban J connectivity index is 1.60. The van der Waals surface area contributed by atoms with Crippen molar-refractivity contribution in [3.63, 3.8) is 0 Å². The normalized spacial score (nSPS) is 23.7. The molecule has 1 aliphatic carbocycles. The second kappa shape index (κ2) is 4.59. The monoisotopic (exact) mass is 320 g/mol. The van der Waals surface area contributed by atoms with Crippen LogP contribution in [0.2, 0.25) is 0 Å². The van der Waals surface area contributed by atoms with E-state index in [1.165, 1.54) is 0 Å². The van der Waals surface area contributed by atoms with E-state index in [4.69, 9.17) is 11.5 Å². The minimum atomic E-state index is -0.508. The summed E-state index contributed by atoms with van der Waals surface area (Å²) in [7, 11) is 0. The summed E-state index contributed by atoms with van der Waals surface area (Å²) in [6.07, 6.45) is 8.68. The number of hydrogen-bond donors (Lipinski definition) is 2. The number of nitrogens with two attached hydrogens (primary N) is 2. The average molecular weight is 320 g/mol. The lowest BCUT2D eigenvalue weighted by Crippen LogP contribution is -2.56. The van der Waals surface area contributed by atoms with E-state index in [0.717, 1.165) is 22.4 Å². The molecule has 120 valence electrons. The predicted octanol–water partition coefficient (Wildman–Crippen LogP) is 0.714. The first-order valence-corrected chi connectivity index (χ1v) is 7.82. The van der Waals surface area contributed by atoms with Gasteiger partial charge in [0, 0.05) is 30.2 Å². The van der Waals surface area contributed by atoms with E-state index in [2.05, 4.69) is 20.2 Å². The van der Waals surface area contributed by atoms with Crippen molar-refractivity contribution in [2.45, 2.75) is 24.4 Å². The summed E-state index contributed by atoms with van der Waals surface area (Å²) < 4.78 is 3.55. The fourth-order valence-corrected chi connectivity index (χ4v) is 3.36. The van der Waals surface area contributed by atoms with Crippen LogP contribution in [0.5, 0.6) is 0 Å². The van der Waals surface area contributed by atoms with E-state index >= 15 is 0 Å². The van der Waals surface area contributed by atoms with Gasteiger partial charge in [0.2, 0.25) is 0 Å². The zero-order valence-electron chi connectivity index (χ0n) is 12.9. The van der Waals surface area contributed by atoms with E-state index in [0.29, 0.717) is 18.7 Å². The molecule has 0 bridgehead atoms. The molecule has 1 aliphatic rings. The SMILES string of the molecule is NC1CC(N)(c2ncc3c(-c4ccc5nccn5n4)ccn3n2)C1.